The second-order valence-electron chi connectivity index (χ2n) is 6.54. The van der Waals surface area contributed by atoms with Gasteiger partial charge in [0.05, 0.1) is 18.7 Å². The third-order valence-electron chi connectivity index (χ3n) is 5.11. The Kier molecular flexibility index (Phi) is 3.78. The number of fused-ring (bicyclic) bond motifs is 2. The molecule has 1 atom stereocenters. The zero-order valence-electron chi connectivity index (χ0n) is 13.7. The number of nitrogens with zero attached hydrogens (tertiary/aromatic N) is 2. The lowest BCUT2D eigenvalue weighted by atomic mass is 9.84. The van der Waals surface area contributed by atoms with Crippen LogP contribution in [0.3, 0.4) is 0 Å². The summed E-state index contributed by atoms with van der Waals surface area (Å²) in [6, 6.07) is 14.0. The Bertz CT molecular complexity index is 886. The minimum absolute atomic E-state index is 0.117. The van der Waals surface area contributed by atoms with Crippen molar-refractivity contribution in [3.63, 3.8) is 0 Å². The van der Waals surface area contributed by atoms with Gasteiger partial charge in [0.1, 0.15) is 23.1 Å². The van der Waals surface area contributed by atoms with E-state index in [1.807, 2.05) is 18.2 Å². The van der Waals surface area contributed by atoms with E-state index in [-0.39, 0.29) is 17.0 Å². The summed E-state index contributed by atoms with van der Waals surface area (Å²) >= 11 is 0. The van der Waals surface area contributed by atoms with Crippen LogP contribution in [0.4, 0.5) is 4.39 Å². The fourth-order valence-corrected chi connectivity index (χ4v) is 3.90. The molecule has 2 aromatic rings. The van der Waals surface area contributed by atoms with Gasteiger partial charge in [-0.05, 0) is 36.1 Å². The molecule has 2 heterocycles. The number of likely N-dealkylation sites (tertiary alicyclic amines) is 1. The van der Waals surface area contributed by atoms with Gasteiger partial charge in [-0.3, -0.25) is 4.79 Å². The Morgan fingerprint density at radius 2 is 2.08 bits per heavy atom. The number of rotatable bonds is 1. The third kappa shape index (κ3) is 2.50. The van der Waals surface area contributed by atoms with Crippen molar-refractivity contribution in [2.45, 2.75) is 25.0 Å². The summed E-state index contributed by atoms with van der Waals surface area (Å²) in [7, 11) is 0. The van der Waals surface area contributed by atoms with Crippen molar-refractivity contribution in [3.05, 3.63) is 70.5 Å². The number of hydrogen-bond acceptors (Lipinski definition) is 3. The van der Waals surface area contributed by atoms with Crippen LogP contribution in [0.15, 0.2) is 42.5 Å². The Balaban J connectivity index is 1.66. The molecule has 1 saturated heterocycles. The van der Waals surface area contributed by atoms with Crippen molar-refractivity contribution >= 4 is 5.91 Å². The molecule has 1 fully saturated rings. The molecule has 0 bridgehead atoms. The quantitative estimate of drug-likeness (QED) is 0.802. The summed E-state index contributed by atoms with van der Waals surface area (Å²) in [6.07, 6.45) is 1.65. The van der Waals surface area contributed by atoms with E-state index in [0.717, 1.165) is 24.0 Å². The molecule has 0 saturated carbocycles. The summed E-state index contributed by atoms with van der Waals surface area (Å²) in [5.74, 6) is -0.981. The van der Waals surface area contributed by atoms with Gasteiger partial charge in [0, 0.05) is 6.54 Å². The maximum atomic E-state index is 13.9. The highest BCUT2D eigenvalue weighted by Gasteiger charge is 2.44. The van der Waals surface area contributed by atoms with Crippen LogP contribution in [0, 0.1) is 17.1 Å². The number of ether oxygens (including phenoxy) is 1. The van der Waals surface area contributed by atoms with E-state index in [4.69, 9.17) is 4.74 Å². The first-order chi connectivity index (χ1) is 12.1. The summed E-state index contributed by atoms with van der Waals surface area (Å²) in [4.78, 5) is 14.6. The molecule has 1 amide bonds. The summed E-state index contributed by atoms with van der Waals surface area (Å²) < 4.78 is 20.0. The lowest BCUT2D eigenvalue weighted by molar-refractivity contribution is -0.0785. The monoisotopic (exact) mass is 336 g/mol. The summed E-state index contributed by atoms with van der Waals surface area (Å²) in [5, 5.41) is 9.20. The Morgan fingerprint density at radius 3 is 2.92 bits per heavy atom. The van der Waals surface area contributed by atoms with Gasteiger partial charge < -0.3 is 9.64 Å². The number of amides is 1. The maximum Gasteiger partial charge on any atom is 0.255 e. The van der Waals surface area contributed by atoms with Crippen LogP contribution in [-0.2, 0) is 16.9 Å². The van der Waals surface area contributed by atoms with Crippen LogP contribution < -0.4 is 0 Å². The highest BCUT2D eigenvalue weighted by molar-refractivity contribution is 5.96. The molecular formula is C20H17FN2O2. The largest absolute Gasteiger partial charge is 0.364 e. The lowest BCUT2D eigenvalue weighted by Gasteiger charge is -2.40. The van der Waals surface area contributed by atoms with Crippen LogP contribution in [0.25, 0.3) is 0 Å². The minimum atomic E-state index is -0.664. The molecule has 2 aliphatic heterocycles. The van der Waals surface area contributed by atoms with Gasteiger partial charge in [-0.1, -0.05) is 30.3 Å². The van der Waals surface area contributed by atoms with E-state index in [0.29, 0.717) is 19.7 Å². The van der Waals surface area contributed by atoms with Crippen molar-refractivity contribution in [1.82, 2.24) is 4.90 Å². The lowest BCUT2D eigenvalue weighted by Crippen LogP contribution is -2.48. The van der Waals surface area contributed by atoms with Gasteiger partial charge in [-0.15, -0.1) is 0 Å². The van der Waals surface area contributed by atoms with E-state index in [1.54, 1.807) is 11.0 Å². The predicted octanol–water partition coefficient (Wildman–Crippen LogP) is 3.36. The molecule has 5 heteroatoms. The Hall–Kier alpha value is -2.71. The smallest absolute Gasteiger partial charge is 0.255 e. The van der Waals surface area contributed by atoms with Crippen LogP contribution in [0.2, 0.25) is 0 Å². The zero-order chi connectivity index (χ0) is 17.4. The average molecular weight is 336 g/mol. The van der Waals surface area contributed by atoms with Crippen molar-refractivity contribution in [3.8, 4) is 6.07 Å². The SMILES string of the molecule is N#Cc1c(F)cccc1C(=O)N1CCCC2(C1)OCc1ccccc12. The third-order valence-corrected chi connectivity index (χ3v) is 5.11. The second-order valence-corrected chi connectivity index (χ2v) is 6.54. The van der Waals surface area contributed by atoms with Gasteiger partial charge in [-0.2, -0.15) is 5.26 Å². The van der Waals surface area contributed by atoms with Crippen molar-refractivity contribution in [2.24, 2.45) is 0 Å². The number of nitriles is 1. The molecule has 0 radical (unpaired) electrons. The van der Waals surface area contributed by atoms with Gasteiger partial charge in [0.2, 0.25) is 0 Å². The van der Waals surface area contributed by atoms with Crippen molar-refractivity contribution in [1.29, 1.82) is 5.26 Å². The van der Waals surface area contributed by atoms with Crippen molar-refractivity contribution < 1.29 is 13.9 Å². The molecule has 2 aliphatic rings. The van der Waals surface area contributed by atoms with E-state index in [2.05, 4.69) is 6.07 Å². The molecule has 0 aliphatic carbocycles. The van der Waals surface area contributed by atoms with E-state index in [1.165, 1.54) is 18.2 Å². The van der Waals surface area contributed by atoms with Crippen LogP contribution in [-0.4, -0.2) is 23.9 Å². The number of benzene rings is 2. The molecule has 0 N–H and O–H groups in total. The molecule has 25 heavy (non-hydrogen) atoms. The molecule has 1 unspecified atom stereocenters. The standard InChI is InChI=1S/C20H17FN2O2/c21-18-8-3-6-15(16(18)11-22)19(24)23-10-4-9-20(13-23)17-7-2-1-5-14(17)12-25-20/h1-3,5-8H,4,9-10,12-13H2. The number of carbonyl (C=O) groups is 1. The van der Waals surface area contributed by atoms with E-state index in [9.17, 15) is 14.4 Å². The summed E-state index contributed by atoms with van der Waals surface area (Å²) in [6.45, 7) is 1.54. The fourth-order valence-electron chi connectivity index (χ4n) is 3.90. The normalized spacial score (nSPS) is 21.8. The van der Waals surface area contributed by atoms with Crippen molar-refractivity contribution in [2.75, 3.05) is 13.1 Å². The molecule has 1 spiro atoms. The van der Waals surface area contributed by atoms with Gasteiger partial charge in [0.25, 0.3) is 5.91 Å². The molecule has 126 valence electrons. The predicted molar refractivity (Wildman–Crippen MR) is 89.2 cm³/mol. The van der Waals surface area contributed by atoms with E-state index < -0.39 is 11.4 Å². The highest BCUT2D eigenvalue weighted by atomic mass is 19.1. The Morgan fingerprint density at radius 1 is 1.24 bits per heavy atom. The Labute approximate surface area is 145 Å². The van der Waals surface area contributed by atoms with E-state index >= 15 is 0 Å². The highest BCUT2D eigenvalue weighted by Crippen LogP contribution is 2.43. The second kappa shape index (κ2) is 5.98. The molecular weight excluding hydrogens is 319 g/mol. The topological polar surface area (TPSA) is 53.3 Å². The first-order valence-corrected chi connectivity index (χ1v) is 8.35. The average Bonchev–Trinajstić information content (AvgIpc) is 2.99. The maximum absolute atomic E-state index is 13.9. The fraction of sp³-hybridized carbons (Fsp3) is 0.300. The number of carbonyl (C=O) groups excluding carboxylic acids is 1. The van der Waals surface area contributed by atoms with Crippen LogP contribution in [0.1, 0.15) is 39.9 Å². The molecule has 4 rings (SSSR count). The number of hydrogen-bond donors (Lipinski definition) is 0. The van der Waals surface area contributed by atoms with Crippen LogP contribution in [0.5, 0.6) is 0 Å². The molecule has 2 aromatic carbocycles. The number of halogens is 1. The number of piperidine rings is 1. The van der Waals surface area contributed by atoms with Gasteiger partial charge in [-0.25, -0.2) is 4.39 Å². The minimum Gasteiger partial charge on any atom is -0.364 e. The van der Waals surface area contributed by atoms with Gasteiger partial charge in [0.15, 0.2) is 0 Å². The first-order valence-electron chi connectivity index (χ1n) is 8.35. The molecule has 0 aromatic heterocycles. The first kappa shape index (κ1) is 15.8. The van der Waals surface area contributed by atoms with Crippen LogP contribution >= 0.6 is 0 Å². The van der Waals surface area contributed by atoms with Gasteiger partial charge >= 0.3 is 0 Å². The summed E-state index contributed by atoms with van der Waals surface area (Å²) in [5.41, 5.74) is 1.71. The molecule has 4 nitrogen and oxygen atoms in total. The zero-order valence-corrected chi connectivity index (χ0v) is 13.7.